The molecule has 0 radical (unpaired) electrons. The number of ether oxygens (including phenoxy) is 1. The number of aliphatic carboxylic acids is 1. The number of carbonyl (C=O) groups is 1. The van der Waals surface area contributed by atoms with Gasteiger partial charge in [-0.3, -0.25) is 0 Å². The van der Waals surface area contributed by atoms with Crippen LogP contribution in [0, 0.1) is 4.91 Å². The summed E-state index contributed by atoms with van der Waals surface area (Å²) in [5, 5.41) is 15.7. The monoisotopic (exact) mass is 137 g/mol. The molecule has 0 unspecified atom stereocenters. The van der Waals surface area contributed by atoms with Crippen LogP contribution in [0.4, 0.5) is 0 Å². The van der Waals surface area contributed by atoms with E-state index in [0.717, 1.165) is 0 Å². The summed E-state index contributed by atoms with van der Waals surface area (Å²) in [6.45, 7) is -0.208. The zero-order valence-electron chi connectivity index (χ0n) is 4.77. The lowest BCUT2D eigenvalue weighted by molar-refractivity contribution is -0.141. The third-order valence-corrected chi connectivity index (χ3v) is 0.268. The van der Waals surface area contributed by atoms with Crippen LogP contribution in [0.15, 0.2) is 5.34 Å². The molecule has 0 aliphatic carbocycles. The number of hydrogen-bond donors (Lipinski definition) is 2. The highest BCUT2D eigenvalue weighted by Gasteiger charge is 1.87. The largest absolute Gasteiger partial charge is 0.480 e. The molecule has 0 aromatic rings. The van der Waals surface area contributed by atoms with Gasteiger partial charge >= 0.3 is 5.97 Å². The minimum atomic E-state index is -0.933. The first kappa shape index (κ1) is 10.7. The van der Waals surface area contributed by atoms with Crippen molar-refractivity contribution in [1.29, 1.82) is 0 Å². The van der Waals surface area contributed by atoms with E-state index in [4.69, 9.17) is 15.2 Å². The van der Waals surface area contributed by atoms with Crippen LogP contribution in [0.25, 0.3) is 0 Å². The molecule has 0 aromatic heterocycles. The molecule has 9 heavy (non-hydrogen) atoms. The summed E-state index contributed by atoms with van der Waals surface area (Å²) in [4.78, 5) is 17.6. The van der Waals surface area contributed by atoms with Crippen molar-refractivity contribution in [3.05, 3.63) is 4.91 Å². The van der Waals surface area contributed by atoms with Crippen molar-refractivity contribution < 1.29 is 19.8 Å². The van der Waals surface area contributed by atoms with Gasteiger partial charge in [-0.1, -0.05) is 0 Å². The SMILES string of the molecule is COCC(=O)O.O=NO. The second kappa shape index (κ2) is 9.95. The van der Waals surface area contributed by atoms with Gasteiger partial charge in [-0.15, -0.1) is 4.91 Å². The quantitative estimate of drug-likeness (QED) is 0.407. The van der Waals surface area contributed by atoms with E-state index < -0.39 is 5.97 Å². The minimum Gasteiger partial charge on any atom is -0.480 e. The molecule has 6 nitrogen and oxygen atoms in total. The molecule has 54 valence electrons. The van der Waals surface area contributed by atoms with Crippen molar-refractivity contribution in [2.75, 3.05) is 13.7 Å². The van der Waals surface area contributed by atoms with Gasteiger partial charge in [-0.2, -0.15) is 0 Å². The van der Waals surface area contributed by atoms with Gasteiger partial charge in [0.25, 0.3) is 0 Å². The Morgan fingerprint density at radius 3 is 2.11 bits per heavy atom. The predicted molar refractivity (Wildman–Crippen MR) is 27.1 cm³/mol. The standard InChI is InChI=1S/C3H6O3.HNO2/c1-6-2-3(4)5;2-1-3/h2H2,1H3,(H,4,5);(H,2,3). The fourth-order valence-corrected chi connectivity index (χ4v) is 0.123. The normalized spacial score (nSPS) is 6.78. The van der Waals surface area contributed by atoms with E-state index in [0.29, 0.717) is 0 Å². The summed E-state index contributed by atoms with van der Waals surface area (Å²) in [5.41, 5.74) is 0. The third kappa shape index (κ3) is 47.6. The van der Waals surface area contributed by atoms with Gasteiger partial charge in [0.2, 0.25) is 0 Å². The Labute approximate surface area is 51.0 Å². The topological polar surface area (TPSA) is 96.2 Å². The Bertz CT molecular complexity index is 82.3. The van der Waals surface area contributed by atoms with Crippen LogP contribution in [-0.2, 0) is 9.53 Å². The number of carboxylic acid groups (broad SMARTS) is 1. The smallest absolute Gasteiger partial charge is 0.329 e. The maximum Gasteiger partial charge on any atom is 0.329 e. The minimum absolute atomic E-state index is 0.208. The van der Waals surface area contributed by atoms with Gasteiger partial charge in [0.1, 0.15) is 6.61 Å². The zero-order chi connectivity index (χ0) is 7.70. The van der Waals surface area contributed by atoms with Gasteiger partial charge in [-0.25, -0.2) is 4.79 Å². The fourth-order valence-electron chi connectivity index (χ4n) is 0.123. The number of rotatable bonds is 2. The van der Waals surface area contributed by atoms with E-state index in [9.17, 15) is 4.79 Å². The fraction of sp³-hybridized carbons (Fsp3) is 0.667. The van der Waals surface area contributed by atoms with E-state index in [2.05, 4.69) is 4.74 Å². The first-order valence-electron chi connectivity index (χ1n) is 1.86. The molecule has 0 saturated carbocycles. The van der Waals surface area contributed by atoms with Crippen LogP contribution in [0.1, 0.15) is 0 Å². The Hall–Kier alpha value is -1.17. The van der Waals surface area contributed by atoms with E-state index in [-0.39, 0.29) is 6.61 Å². The molecule has 0 aliphatic heterocycles. The summed E-state index contributed by atoms with van der Waals surface area (Å²) in [6, 6.07) is 0. The first-order valence-corrected chi connectivity index (χ1v) is 1.86. The Morgan fingerprint density at radius 2 is 2.11 bits per heavy atom. The van der Waals surface area contributed by atoms with Gasteiger partial charge in [-0.05, 0) is 0 Å². The second-order valence-corrected chi connectivity index (χ2v) is 0.908. The third-order valence-electron chi connectivity index (χ3n) is 0.268. The molecule has 0 aliphatic rings. The number of nitrogens with zero attached hydrogens (tertiary/aromatic N) is 1. The van der Waals surface area contributed by atoms with Crippen molar-refractivity contribution >= 4 is 5.97 Å². The number of hydrogen-bond acceptors (Lipinski definition) is 4. The molecular formula is C3H7NO5. The Morgan fingerprint density at radius 1 is 1.78 bits per heavy atom. The van der Waals surface area contributed by atoms with E-state index in [1.54, 1.807) is 0 Å². The van der Waals surface area contributed by atoms with Crippen molar-refractivity contribution in [3.8, 4) is 0 Å². The van der Waals surface area contributed by atoms with E-state index in [1.807, 2.05) is 0 Å². The molecule has 0 heterocycles. The summed E-state index contributed by atoms with van der Waals surface area (Å²) in [7, 11) is 1.34. The molecule has 0 amide bonds. The maximum atomic E-state index is 9.47. The van der Waals surface area contributed by atoms with Crippen LogP contribution in [-0.4, -0.2) is 30.0 Å². The molecule has 0 rings (SSSR count). The summed E-state index contributed by atoms with van der Waals surface area (Å²) < 4.78 is 4.20. The number of carboxylic acids is 1. The summed E-state index contributed by atoms with van der Waals surface area (Å²) >= 11 is 0. The first-order chi connectivity index (χ1) is 4.18. The second-order valence-electron chi connectivity index (χ2n) is 0.908. The highest BCUT2D eigenvalue weighted by Crippen LogP contribution is 1.61. The van der Waals surface area contributed by atoms with E-state index >= 15 is 0 Å². The van der Waals surface area contributed by atoms with Crippen LogP contribution in [0.5, 0.6) is 0 Å². The predicted octanol–water partition coefficient (Wildman–Crippen LogP) is -0.141. The van der Waals surface area contributed by atoms with Gasteiger partial charge in [0.15, 0.2) is 5.34 Å². The lowest BCUT2D eigenvalue weighted by Crippen LogP contribution is -2.02. The van der Waals surface area contributed by atoms with Crippen LogP contribution in [0.2, 0.25) is 0 Å². The number of methoxy groups -OCH3 is 1. The maximum absolute atomic E-state index is 9.47. The summed E-state index contributed by atoms with van der Waals surface area (Å²) in [6.07, 6.45) is 0. The molecule has 0 aromatic carbocycles. The molecule has 0 atom stereocenters. The highest BCUT2D eigenvalue weighted by atomic mass is 16.6. The molecule has 0 spiro atoms. The molecular weight excluding hydrogens is 130 g/mol. The van der Waals surface area contributed by atoms with Gasteiger partial charge in [0.05, 0.1) is 0 Å². The summed E-state index contributed by atoms with van der Waals surface area (Å²) in [5.74, 6) is -0.933. The Balaban J connectivity index is 0. The lowest BCUT2D eigenvalue weighted by Gasteiger charge is -1.83. The molecule has 0 bridgehead atoms. The van der Waals surface area contributed by atoms with Gasteiger partial charge < -0.3 is 15.1 Å². The molecule has 0 fully saturated rings. The average Bonchev–Trinajstić information content (AvgIpc) is 1.67. The highest BCUT2D eigenvalue weighted by molar-refractivity contribution is 5.67. The van der Waals surface area contributed by atoms with Gasteiger partial charge in [0, 0.05) is 7.11 Å². The Kier molecular flexibility index (Phi) is 11.9. The van der Waals surface area contributed by atoms with Crippen molar-refractivity contribution in [3.63, 3.8) is 0 Å². The van der Waals surface area contributed by atoms with Crippen molar-refractivity contribution in [2.45, 2.75) is 0 Å². The van der Waals surface area contributed by atoms with Crippen molar-refractivity contribution in [2.24, 2.45) is 5.34 Å². The van der Waals surface area contributed by atoms with Crippen LogP contribution < -0.4 is 0 Å². The molecule has 6 heteroatoms. The van der Waals surface area contributed by atoms with Crippen molar-refractivity contribution in [1.82, 2.24) is 0 Å². The van der Waals surface area contributed by atoms with Crippen LogP contribution >= 0.6 is 0 Å². The molecule has 2 N–H and O–H groups in total. The van der Waals surface area contributed by atoms with Crippen LogP contribution in [0.3, 0.4) is 0 Å². The molecule has 0 saturated heterocycles. The van der Waals surface area contributed by atoms with E-state index in [1.165, 1.54) is 12.4 Å². The zero-order valence-corrected chi connectivity index (χ0v) is 4.77. The lowest BCUT2D eigenvalue weighted by atomic mass is 10.8. The average molecular weight is 137 g/mol.